The van der Waals surface area contributed by atoms with Crippen molar-refractivity contribution in [1.29, 1.82) is 0 Å². The first-order valence-corrected chi connectivity index (χ1v) is 8.58. The number of likely N-dealkylation sites (tertiary alicyclic amines) is 1. The van der Waals surface area contributed by atoms with Crippen LogP contribution in [0.4, 0.5) is 10.6 Å². The fourth-order valence-electron chi connectivity index (χ4n) is 2.71. The van der Waals surface area contributed by atoms with E-state index < -0.39 is 5.60 Å². The highest BCUT2D eigenvalue weighted by atomic mass is 16.6. The van der Waals surface area contributed by atoms with Crippen LogP contribution in [0.25, 0.3) is 0 Å². The molecule has 0 aliphatic carbocycles. The quantitative estimate of drug-likeness (QED) is 0.911. The van der Waals surface area contributed by atoms with Crippen molar-refractivity contribution in [3.8, 4) is 0 Å². The summed E-state index contributed by atoms with van der Waals surface area (Å²) >= 11 is 0. The predicted molar refractivity (Wildman–Crippen MR) is 92.8 cm³/mol. The van der Waals surface area contributed by atoms with Gasteiger partial charge in [-0.1, -0.05) is 13.0 Å². The van der Waals surface area contributed by atoms with Gasteiger partial charge in [-0.2, -0.15) is 0 Å². The molecule has 5 heteroatoms. The van der Waals surface area contributed by atoms with Gasteiger partial charge >= 0.3 is 6.09 Å². The molecule has 1 saturated heterocycles. The smallest absolute Gasteiger partial charge is 0.410 e. The topological polar surface area (TPSA) is 54.5 Å². The molecule has 1 aliphatic heterocycles. The Kier molecular flexibility index (Phi) is 5.85. The SMILES string of the molecule is CCCNc1cccc(C2CCN(C(=O)OC(C)(C)C)CC2)n1. The maximum atomic E-state index is 12.1. The zero-order valence-corrected chi connectivity index (χ0v) is 14.8. The molecule has 1 aromatic rings. The Morgan fingerprint density at radius 1 is 1.35 bits per heavy atom. The normalized spacial score (nSPS) is 16.3. The molecular formula is C18H29N3O2. The summed E-state index contributed by atoms with van der Waals surface area (Å²) in [7, 11) is 0. The van der Waals surface area contributed by atoms with Gasteiger partial charge in [-0.05, 0) is 52.2 Å². The number of aromatic nitrogens is 1. The Morgan fingerprint density at radius 2 is 2.04 bits per heavy atom. The van der Waals surface area contributed by atoms with Crippen LogP contribution in [-0.2, 0) is 4.74 Å². The minimum Gasteiger partial charge on any atom is -0.444 e. The first-order chi connectivity index (χ1) is 10.9. The van der Waals surface area contributed by atoms with E-state index in [-0.39, 0.29) is 6.09 Å². The van der Waals surface area contributed by atoms with E-state index in [1.807, 2.05) is 26.8 Å². The summed E-state index contributed by atoms with van der Waals surface area (Å²) in [4.78, 5) is 18.6. The highest BCUT2D eigenvalue weighted by Gasteiger charge is 2.27. The van der Waals surface area contributed by atoms with Gasteiger partial charge in [0.25, 0.3) is 0 Å². The monoisotopic (exact) mass is 319 g/mol. The minimum atomic E-state index is -0.436. The molecule has 128 valence electrons. The summed E-state index contributed by atoms with van der Waals surface area (Å²) in [6.07, 6.45) is 2.75. The van der Waals surface area contributed by atoms with Gasteiger partial charge < -0.3 is 15.0 Å². The van der Waals surface area contributed by atoms with Gasteiger partial charge in [0.05, 0.1) is 0 Å². The van der Waals surface area contributed by atoms with Gasteiger partial charge in [0.2, 0.25) is 0 Å². The average molecular weight is 319 g/mol. The van der Waals surface area contributed by atoms with E-state index in [2.05, 4.69) is 24.4 Å². The van der Waals surface area contributed by atoms with Crippen LogP contribution in [0.5, 0.6) is 0 Å². The molecule has 5 nitrogen and oxygen atoms in total. The number of carbonyl (C=O) groups excluding carboxylic acids is 1. The number of hydrogen-bond acceptors (Lipinski definition) is 4. The molecule has 1 fully saturated rings. The third-order valence-corrected chi connectivity index (χ3v) is 3.89. The highest BCUT2D eigenvalue weighted by molar-refractivity contribution is 5.68. The number of rotatable bonds is 4. The first kappa shape index (κ1) is 17.6. The molecule has 0 spiro atoms. The second-order valence-electron chi connectivity index (χ2n) is 7.12. The number of ether oxygens (including phenoxy) is 1. The van der Waals surface area contributed by atoms with Crippen molar-refractivity contribution in [3.63, 3.8) is 0 Å². The van der Waals surface area contributed by atoms with Crippen LogP contribution in [0.1, 0.15) is 58.6 Å². The van der Waals surface area contributed by atoms with Crippen molar-refractivity contribution >= 4 is 11.9 Å². The molecule has 1 amide bonds. The summed E-state index contributed by atoms with van der Waals surface area (Å²) in [5.41, 5.74) is 0.685. The van der Waals surface area contributed by atoms with Gasteiger partial charge in [0.1, 0.15) is 11.4 Å². The van der Waals surface area contributed by atoms with Crippen molar-refractivity contribution in [2.24, 2.45) is 0 Å². The van der Waals surface area contributed by atoms with Crippen LogP contribution >= 0.6 is 0 Å². The molecule has 0 aromatic carbocycles. The van der Waals surface area contributed by atoms with E-state index in [1.165, 1.54) is 0 Å². The molecule has 1 aromatic heterocycles. The standard InChI is InChI=1S/C18H29N3O2/c1-5-11-19-16-8-6-7-15(20-16)14-9-12-21(13-10-14)17(22)23-18(2,3)4/h6-8,14H,5,9-13H2,1-4H3,(H,19,20). The maximum absolute atomic E-state index is 12.1. The zero-order valence-electron chi connectivity index (χ0n) is 14.8. The molecule has 23 heavy (non-hydrogen) atoms. The fraction of sp³-hybridized carbons (Fsp3) is 0.667. The van der Waals surface area contributed by atoms with Crippen LogP contribution in [0.2, 0.25) is 0 Å². The Balaban J connectivity index is 1.90. The van der Waals surface area contributed by atoms with Gasteiger partial charge in [-0.25, -0.2) is 9.78 Å². The molecule has 2 heterocycles. The number of nitrogens with one attached hydrogen (secondary N) is 1. The molecular weight excluding hydrogens is 290 g/mol. The molecule has 1 N–H and O–H groups in total. The second-order valence-corrected chi connectivity index (χ2v) is 7.12. The lowest BCUT2D eigenvalue weighted by Gasteiger charge is -2.33. The summed E-state index contributed by atoms with van der Waals surface area (Å²) in [6, 6.07) is 6.15. The maximum Gasteiger partial charge on any atom is 0.410 e. The second kappa shape index (κ2) is 7.66. The van der Waals surface area contributed by atoms with E-state index >= 15 is 0 Å². The third kappa shape index (κ3) is 5.41. The van der Waals surface area contributed by atoms with Crippen molar-refractivity contribution in [1.82, 2.24) is 9.88 Å². The lowest BCUT2D eigenvalue weighted by atomic mass is 9.93. The number of hydrogen-bond donors (Lipinski definition) is 1. The molecule has 0 atom stereocenters. The zero-order chi connectivity index (χ0) is 16.9. The number of amides is 1. The largest absolute Gasteiger partial charge is 0.444 e. The first-order valence-electron chi connectivity index (χ1n) is 8.58. The van der Waals surface area contributed by atoms with Crippen molar-refractivity contribution in [2.45, 2.75) is 58.5 Å². The van der Waals surface area contributed by atoms with Crippen LogP contribution < -0.4 is 5.32 Å². The summed E-state index contributed by atoms with van der Waals surface area (Å²) < 4.78 is 5.44. The highest BCUT2D eigenvalue weighted by Crippen LogP contribution is 2.28. The number of pyridine rings is 1. The third-order valence-electron chi connectivity index (χ3n) is 3.89. The Hall–Kier alpha value is -1.78. The lowest BCUT2D eigenvalue weighted by molar-refractivity contribution is 0.0204. The van der Waals surface area contributed by atoms with Crippen LogP contribution in [0.3, 0.4) is 0 Å². The molecule has 1 aliphatic rings. The van der Waals surface area contributed by atoms with Crippen molar-refractivity contribution in [3.05, 3.63) is 23.9 Å². The molecule has 2 rings (SSSR count). The summed E-state index contributed by atoms with van der Waals surface area (Å²) in [5.74, 6) is 1.36. The summed E-state index contributed by atoms with van der Waals surface area (Å²) in [5, 5.41) is 3.33. The number of piperidine rings is 1. The van der Waals surface area contributed by atoms with E-state index in [9.17, 15) is 4.79 Å². The van der Waals surface area contributed by atoms with Gasteiger partial charge in [-0.3, -0.25) is 0 Å². The molecule has 0 radical (unpaired) electrons. The minimum absolute atomic E-state index is 0.206. The van der Waals surface area contributed by atoms with E-state index in [4.69, 9.17) is 9.72 Å². The van der Waals surface area contributed by atoms with Crippen molar-refractivity contribution in [2.75, 3.05) is 25.0 Å². The van der Waals surface area contributed by atoms with E-state index in [0.29, 0.717) is 5.92 Å². The van der Waals surface area contributed by atoms with Gasteiger partial charge in [0, 0.05) is 31.2 Å². The average Bonchev–Trinajstić information content (AvgIpc) is 2.52. The predicted octanol–water partition coefficient (Wildman–Crippen LogP) is 4.02. The number of anilines is 1. The van der Waals surface area contributed by atoms with Crippen LogP contribution in [-0.4, -0.2) is 41.2 Å². The van der Waals surface area contributed by atoms with Crippen LogP contribution in [0, 0.1) is 0 Å². The Bertz CT molecular complexity index is 517. The number of carbonyl (C=O) groups is 1. The molecule has 0 saturated carbocycles. The van der Waals surface area contributed by atoms with E-state index in [0.717, 1.165) is 50.4 Å². The van der Waals surface area contributed by atoms with E-state index in [1.54, 1.807) is 4.90 Å². The van der Waals surface area contributed by atoms with Crippen LogP contribution in [0.15, 0.2) is 18.2 Å². The van der Waals surface area contributed by atoms with Crippen molar-refractivity contribution < 1.29 is 9.53 Å². The number of nitrogens with zero attached hydrogens (tertiary/aromatic N) is 2. The van der Waals surface area contributed by atoms with Gasteiger partial charge in [-0.15, -0.1) is 0 Å². The Morgan fingerprint density at radius 3 is 2.65 bits per heavy atom. The fourth-order valence-corrected chi connectivity index (χ4v) is 2.71. The van der Waals surface area contributed by atoms with Gasteiger partial charge in [0.15, 0.2) is 0 Å². The molecule has 0 bridgehead atoms. The summed E-state index contributed by atoms with van der Waals surface area (Å²) in [6.45, 7) is 10.2. The Labute approximate surface area is 139 Å². The molecule has 0 unspecified atom stereocenters. The lowest BCUT2D eigenvalue weighted by Crippen LogP contribution is -2.41.